The van der Waals surface area contributed by atoms with Crippen molar-refractivity contribution in [3.8, 4) is 17.2 Å². The highest BCUT2D eigenvalue weighted by Gasteiger charge is 2.38. The third kappa shape index (κ3) is 2.11. The van der Waals surface area contributed by atoms with Gasteiger partial charge in [-0.2, -0.15) is 0 Å². The highest BCUT2D eigenvalue weighted by Crippen LogP contribution is 2.38. The molecule has 2 aliphatic rings. The zero-order valence-corrected chi connectivity index (χ0v) is 14.7. The third-order valence-corrected chi connectivity index (χ3v) is 5.38. The quantitative estimate of drug-likeness (QED) is 0.718. The molecule has 1 aromatic heterocycles. The van der Waals surface area contributed by atoms with Crippen molar-refractivity contribution >= 4 is 16.8 Å². The van der Waals surface area contributed by atoms with Crippen molar-refractivity contribution in [2.45, 2.75) is 18.9 Å². The number of ether oxygens (including phenoxy) is 1. The zero-order chi connectivity index (χ0) is 18.7. The molecule has 5 rings (SSSR count). The van der Waals surface area contributed by atoms with E-state index in [0.717, 1.165) is 12.8 Å². The van der Waals surface area contributed by atoms with Crippen LogP contribution < -0.4 is 10.3 Å². The first-order valence-corrected chi connectivity index (χ1v) is 8.84. The average molecular weight is 363 g/mol. The summed E-state index contributed by atoms with van der Waals surface area (Å²) in [6, 6.07) is 9.81. The van der Waals surface area contributed by atoms with E-state index < -0.39 is 0 Å². The number of rotatable bonds is 1. The summed E-state index contributed by atoms with van der Waals surface area (Å²) < 4.78 is 6.70. The lowest BCUT2D eigenvalue weighted by molar-refractivity contribution is 0.0736. The molecule has 0 unspecified atom stereocenters. The van der Waals surface area contributed by atoms with Crippen molar-refractivity contribution in [3.05, 3.63) is 58.1 Å². The first-order valence-electron chi connectivity index (χ1n) is 8.84. The number of carbonyl (C=O) groups excluding carboxylic acids is 1. The van der Waals surface area contributed by atoms with Crippen molar-refractivity contribution < 1.29 is 14.6 Å². The van der Waals surface area contributed by atoms with Gasteiger partial charge in [0, 0.05) is 12.6 Å². The molecule has 1 atom stereocenters. The number of phenols is 1. The number of benzene rings is 2. The summed E-state index contributed by atoms with van der Waals surface area (Å²) in [4.78, 5) is 32.9. The largest absolute Gasteiger partial charge is 0.506 e. The number of nitrogens with zero attached hydrogens (tertiary/aromatic N) is 3. The van der Waals surface area contributed by atoms with Crippen LogP contribution in [0.3, 0.4) is 0 Å². The Balaban J connectivity index is 1.95. The molecule has 1 N–H and O–H groups in total. The summed E-state index contributed by atoms with van der Waals surface area (Å²) in [5.74, 6) is 0.658. The second-order valence-corrected chi connectivity index (χ2v) is 6.83. The number of hydrogen-bond donors (Lipinski definition) is 1. The number of aromatic hydroxyl groups is 1. The lowest BCUT2D eigenvalue weighted by Gasteiger charge is -2.22. The number of amides is 1. The van der Waals surface area contributed by atoms with E-state index in [1.54, 1.807) is 35.2 Å². The van der Waals surface area contributed by atoms with Crippen LogP contribution in [0.2, 0.25) is 0 Å². The Labute approximate surface area is 154 Å². The van der Waals surface area contributed by atoms with Crippen LogP contribution in [0.25, 0.3) is 16.6 Å². The molecule has 0 aliphatic carbocycles. The van der Waals surface area contributed by atoms with E-state index in [4.69, 9.17) is 4.74 Å². The molecule has 3 heterocycles. The summed E-state index contributed by atoms with van der Waals surface area (Å²) >= 11 is 0. The Hall–Kier alpha value is -3.35. The lowest BCUT2D eigenvalue weighted by Crippen LogP contribution is -2.31. The van der Waals surface area contributed by atoms with Crippen molar-refractivity contribution in [3.63, 3.8) is 0 Å². The Kier molecular flexibility index (Phi) is 3.28. The molecule has 0 bridgehead atoms. The molecule has 27 heavy (non-hydrogen) atoms. The van der Waals surface area contributed by atoms with Crippen LogP contribution in [-0.2, 0) is 0 Å². The van der Waals surface area contributed by atoms with Gasteiger partial charge in [-0.15, -0.1) is 0 Å². The second-order valence-electron chi connectivity index (χ2n) is 6.83. The molecule has 2 aliphatic heterocycles. The Morgan fingerprint density at radius 3 is 2.85 bits per heavy atom. The molecular weight excluding hydrogens is 346 g/mol. The van der Waals surface area contributed by atoms with E-state index in [1.165, 1.54) is 17.7 Å². The zero-order valence-electron chi connectivity index (χ0n) is 14.7. The van der Waals surface area contributed by atoms with Gasteiger partial charge in [-0.1, -0.05) is 12.1 Å². The summed E-state index contributed by atoms with van der Waals surface area (Å²) in [6.45, 7) is 0.625. The molecule has 7 nitrogen and oxygen atoms in total. The molecule has 1 saturated heterocycles. The summed E-state index contributed by atoms with van der Waals surface area (Å²) in [6.07, 6.45) is 1.58. The van der Waals surface area contributed by atoms with E-state index in [1.807, 2.05) is 0 Å². The molecule has 3 aromatic rings. The van der Waals surface area contributed by atoms with Gasteiger partial charge < -0.3 is 14.7 Å². The average Bonchev–Trinajstić information content (AvgIpc) is 3.14. The van der Waals surface area contributed by atoms with Crippen LogP contribution in [0.1, 0.15) is 35.1 Å². The standard InChI is InChI=1S/C20H17N3O4/c1-27-11-9-13-17(16(24)10-11)21-18-15-7-4-8-22(15)19(25)12-5-2-3-6-14(12)23(18)20(13)26/h2-3,5-6,9-10,15,24H,4,7-8H2,1H3/t15-/m0/s1. The maximum atomic E-state index is 13.4. The van der Waals surface area contributed by atoms with Gasteiger partial charge in [-0.05, 0) is 31.0 Å². The molecule has 0 spiro atoms. The van der Waals surface area contributed by atoms with Gasteiger partial charge in [0.15, 0.2) is 0 Å². The van der Waals surface area contributed by atoms with Crippen molar-refractivity contribution in [2.24, 2.45) is 0 Å². The number of aromatic nitrogens is 2. The summed E-state index contributed by atoms with van der Waals surface area (Å²) in [5.41, 5.74) is 0.913. The number of fused-ring (bicyclic) bond motifs is 6. The minimum atomic E-state index is -0.321. The fourth-order valence-corrected chi connectivity index (χ4v) is 4.12. The Morgan fingerprint density at radius 2 is 2.04 bits per heavy atom. The Morgan fingerprint density at radius 1 is 1.22 bits per heavy atom. The van der Waals surface area contributed by atoms with Gasteiger partial charge in [-0.25, -0.2) is 4.98 Å². The number of methoxy groups -OCH3 is 1. The molecule has 136 valence electrons. The minimum Gasteiger partial charge on any atom is -0.506 e. The number of carbonyl (C=O) groups is 1. The fraction of sp³-hybridized carbons (Fsp3) is 0.250. The highest BCUT2D eigenvalue weighted by molar-refractivity contribution is 5.99. The fourth-order valence-electron chi connectivity index (χ4n) is 4.12. The maximum Gasteiger partial charge on any atom is 0.266 e. The topological polar surface area (TPSA) is 84.7 Å². The van der Waals surface area contributed by atoms with Crippen molar-refractivity contribution in [2.75, 3.05) is 13.7 Å². The van der Waals surface area contributed by atoms with Crippen LogP contribution in [-0.4, -0.2) is 39.1 Å². The molecule has 7 heteroatoms. The molecular formula is C20H17N3O4. The lowest BCUT2D eigenvalue weighted by atomic mass is 10.1. The van der Waals surface area contributed by atoms with Gasteiger partial charge in [0.1, 0.15) is 22.8 Å². The molecule has 2 aromatic carbocycles. The minimum absolute atomic E-state index is 0.0936. The third-order valence-electron chi connectivity index (χ3n) is 5.38. The normalized spacial score (nSPS) is 18.0. The number of hydrogen-bond acceptors (Lipinski definition) is 5. The van der Waals surface area contributed by atoms with Gasteiger partial charge in [0.25, 0.3) is 11.5 Å². The predicted molar refractivity (Wildman–Crippen MR) is 98.6 cm³/mol. The van der Waals surface area contributed by atoms with Gasteiger partial charge in [0.05, 0.1) is 29.8 Å². The first-order chi connectivity index (χ1) is 13.1. The molecule has 0 saturated carbocycles. The van der Waals surface area contributed by atoms with Crippen LogP contribution in [0.15, 0.2) is 41.2 Å². The SMILES string of the molecule is COc1cc(O)c2nc3n(c(=O)c2c1)-c1ccccc1C(=O)N1CCC[C@@H]31. The summed E-state index contributed by atoms with van der Waals surface area (Å²) in [7, 11) is 1.47. The van der Waals surface area contributed by atoms with Gasteiger partial charge in [0.2, 0.25) is 0 Å². The highest BCUT2D eigenvalue weighted by atomic mass is 16.5. The van der Waals surface area contributed by atoms with Crippen LogP contribution >= 0.6 is 0 Å². The molecule has 0 radical (unpaired) electrons. The molecule has 1 fully saturated rings. The van der Waals surface area contributed by atoms with Crippen molar-refractivity contribution in [1.29, 1.82) is 0 Å². The van der Waals surface area contributed by atoms with E-state index >= 15 is 0 Å². The second kappa shape index (κ2) is 5.57. The first kappa shape index (κ1) is 15.9. The predicted octanol–water partition coefficient (Wildman–Crippen LogP) is 2.39. The van der Waals surface area contributed by atoms with E-state index in [0.29, 0.717) is 29.4 Å². The number of phenolic OH excluding ortho intramolecular Hbond substituents is 1. The number of para-hydroxylation sites is 1. The maximum absolute atomic E-state index is 13.4. The Bertz CT molecular complexity index is 1170. The van der Waals surface area contributed by atoms with Crippen LogP contribution in [0.4, 0.5) is 0 Å². The van der Waals surface area contributed by atoms with E-state index in [9.17, 15) is 14.7 Å². The van der Waals surface area contributed by atoms with Crippen molar-refractivity contribution in [1.82, 2.24) is 14.5 Å². The smallest absolute Gasteiger partial charge is 0.266 e. The van der Waals surface area contributed by atoms with Gasteiger partial charge >= 0.3 is 0 Å². The monoisotopic (exact) mass is 363 g/mol. The van der Waals surface area contributed by atoms with Crippen LogP contribution in [0.5, 0.6) is 11.5 Å². The molecule has 1 amide bonds. The van der Waals surface area contributed by atoms with E-state index in [2.05, 4.69) is 4.98 Å². The van der Waals surface area contributed by atoms with E-state index in [-0.39, 0.29) is 34.2 Å². The van der Waals surface area contributed by atoms with Crippen LogP contribution in [0, 0.1) is 0 Å². The summed E-state index contributed by atoms with van der Waals surface area (Å²) in [5, 5.41) is 10.7. The van der Waals surface area contributed by atoms with Gasteiger partial charge in [-0.3, -0.25) is 14.2 Å².